The SMILES string of the molecule is COc1ccc2ncc(F)c([C@@H](O)CC[C@@H]3CCN(CCSc4ccsc4)C[C@@H]3CC(=O)O)c2c1. The Hall–Kier alpha value is -2.20. The summed E-state index contributed by atoms with van der Waals surface area (Å²) in [6.45, 7) is 2.56. The number of thioether (sulfide) groups is 1. The summed E-state index contributed by atoms with van der Waals surface area (Å²) >= 11 is 3.51. The van der Waals surface area contributed by atoms with Crippen LogP contribution in [0.4, 0.5) is 4.39 Å². The number of likely N-dealkylation sites (tertiary alicyclic amines) is 1. The molecule has 0 saturated carbocycles. The normalized spacial score (nSPS) is 19.6. The summed E-state index contributed by atoms with van der Waals surface area (Å²) in [7, 11) is 1.54. The van der Waals surface area contributed by atoms with Gasteiger partial charge in [0.05, 0.1) is 24.9 Å². The van der Waals surface area contributed by atoms with Gasteiger partial charge in [0.25, 0.3) is 0 Å². The Morgan fingerprint density at radius 3 is 2.97 bits per heavy atom. The van der Waals surface area contributed by atoms with Gasteiger partial charge in [-0.3, -0.25) is 9.78 Å². The number of carbonyl (C=O) groups is 1. The Bertz CT molecular complexity index is 1130. The Morgan fingerprint density at radius 2 is 2.23 bits per heavy atom. The number of aliphatic carboxylic acids is 1. The largest absolute Gasteiger partial charge is 0.497 e. The van der Waals surface area contributed by atoms with Crippen molar-refractivity contribution in [2.24, 2.45) is 11.8 Å². The fraction of sp³-hybridized carbons (Fsp3) is 0.462. The third kappa shape index (κ3) is 6.73. The van der Waals surface area contributed by atoms with Gasteiger partial charge in [0.15, 0.2) is 0 Å². The Morgan fingerprint density at radius 1 is 1.37 bits per heavy atom. The fourth-order valence-electron chi connectivity index (χ4n) is 4.97. The Kier molecular flexibility index (Phi) is 8.99. The van der Waals surface area contributed by atoms with Gasteiger partial charge in [0, 0.05) is 46.5 Å². The van der Waals surface area contributed by atoms with Crippen molar-refractivity contribution in [1.29, 1.82) is 0 Å². The lowest BCUT2D eigenvalue weighted by atomic mass is 9.79. The van der Waals surface area contributed by atoms with E-state index in [9.17, 15) is 19.4 Å². The minimum atomic E-state index is -1.00. The average Bonchev–Trinajstić information content (AvgIpc) is 3.36. The molecule has 6 nitrogen and oxygen atoms in total. The van der Waals surface area contributed by atoms with E-state index in [1.807, 2.05) is 11.8 Å². The predicted molar refractivity (Wildman–Crippen MR) is 138 cm³/mol. The first-order chi connectivity index (χ1) is 16.9. The van der Waals surface area contributed by atoms with Gasteiger partial charge in [-0.15, -0.1) is 11.8 Å². The summed E-state index contributed by atoms with van der Waals surface area (Å²) in [6, 6.07) is 7.32. The molecule has 0 unspecified atom stereocenters. The number of nitrogens with zero attached hydrogens (tertiary/aromatic N) is 2. The summed E-state index contributed by atoms with van der Waals surface area (Å²) in [5.41, 5.74) is 0.824. The molecule has 3 atom stereocenters. The van der Waals surface area contributed by atoms with Crippen LogP contribution in [0.15, 0.2) is 46.1 Å². The maximum Gasteiger partial charge on any atom is 0.303 e. The number of methoxy groups -OCH3 is 1. The lowest BCUT2D eigenvalue weighted by molar-refractivity contribution is -0.139. The number of halogens is 1. The van der Waals surface area contributed by atoms with Crippen molar-refractivity contribution < 1.29 is 24.1 Å². The average molecular weight is 519 g/mol. The van der Waals surface area contributed by atoms with E-state index in [1.54, 1.807) is 36.6 Å². The quantitative estimate of drug-likeness (QED) is 0.326. The standard InChI is InChI=1S/C26H31FN2O4S2/c1-33-19-3-4-23-21(13-19)26(22(27)14-28-23)24(30)5-2-17-6-8-29(15-18(17)12-25(31)32)9-11-35-20-7-10-34-16-20/h3-4,7,10,13-14,16-18,24,30H,2,5-6,8-9,11-12,15H2,1H3,(H,31,32)/t17-,18+,24+/m1/s1. The monoisotopic (exact) mass is 518 g/mol. The van der Waals surface area contributed by atoms with E-state index in [0.29, 0.717) is 29.5 Å². The van der Waals surface area contributed by atoms with E-state index in [-0.39, 0.29) is 23.8 Å². The molecule has 1 saturated heterocycles. The lowest BCUT2D eigenvalue weighted by Gasteiger charge is -2.38. The van der Waals surface area contributed by atoms with Crippen molar-refractivity contribution in [3.05, 3.63) is 52.6 Å². The number of benzene rings is 1. The van der Waals surface area contributed by atoms with Crippen LogP contribution in [-0.4, -0.2) is 58.6 Å². The molecule has 2 aromatic heterocycles. The van der Waals surface area contributed by atoms with E-state index in [0.717, 1.165) is 38.0 Å². The van der Waals surface area contributed by atoms with Gasteiger partial charge in [-0.2, -0.15) is 11.3 Å². The van der Waals surface area contributed by atoms with Gasteiger partial charge in [0.1, 0.15) is 11.6 Å². The number of carboxylic acids is 1. The van der Waals surface area contributed by atoms with E-state index in [1.165, 1.54) is 4.90 Å². The van der Waals surface area contributed by atoms with Gasteiger partial charge in [-0.25, -0.2) is 4.39 Å². The highest BCUT2D eigenvalue weighted by Gasteiger charge is 2.31. The number of carboxylic acid groups (broad SMARTS) is 1. The zero-order chi connectivity index (χ0) is 24.8. The molecule has 0 bridgehead atoms. The number of aromatic nitrogens is 1. The summed E-state index contributed by atoms with van der Waals surface area (Å²) in [4.78, 5) is 19.3. The summed E-state index contributed by atoms with van der Waals surface area (Å²) < 4.78 is 20.0. The van der Waals surface area contributed by atoms with Crippen molar-refractivity contribution in [3.63, 3.8) is 0 Å². The van der Waals surface area contributed by atoms with Crippen molar-refractivity contribution in [2.75, 3.05) is 32.5 Å². The molecule has 35 heavy (non-hydrogen) atoms. The number of piperidine rings is 1. The minimum Gasteiger partial charge on any atom is -0.497 e. The number of rotatable bonds is 11. The molecular weight excluding hydrogens is 487 g/mol. The second kappa shape index (κ2) is 12.2. The molecule has 1 aliphatic heterocycles. The van der Waals surface area contributed by atoms with Crippen LogP contribution in [0, 0.1) is 17.7 Å². The van der Waals surface area contributed by atoms with Crippen LogP contribution in [0.5, 0.6) is 5.75 Å². The highest BCUT2D eigenvalue weighted by molar-refractivity contribution is 7.99. The molecule has 0 spiro atoms. The van der Waals surface area contributed by atoms with Crippen LogP contribution in [-0.2, 0) is 4.79 Å². The molecule has 0 radical (unpaired) electrons. The minimum absolute atomic E-state index is 0.0127. The predicted octanol–water partition coefficient (Wildman–Crippen LogP) is 5.46. The maximum atomic E-state index is 14.7. The third-order valence-electron chi connectivity index (χ3n) is 6.80. The second-order valence-corrected chi connectivity index (χ2v) is 11.0. The van der Waals surface area contributed by atoms with Crippen molar-refractivity contribution >= 4 is 40.0 Å². The highest BCUT2D eigenvalue weighted by Crippen LogP contribution is 2.36. The topological polar surface area (TPSA) is 82.9 Å². The first-order valence-corrected chi connectivity index (χ1v) is 13.8. The molecule has 0 aliphatic carbocycles. The molecule has 2 N–H and O–H groups in total. The first-order valence-electron chi connectivity index (χ1n) is 11.8. The molecule has 3 heterocycles. The number of fused-ring (bicyclic) bond motifs is 1. The third-order valence-corrected chi connectivity index (χ3v) is 8.60. The summed E-state index contributed by atoms with van der Waals surface area (Å²) in [6.07, 6.45) is 2.14. The van der Waals surface area contributed by atoms with Crippen molar-refractivity contribution in [2.45, 2.75) is 36.7 Å². The number of aliphatic hydroxyl groups is 1. The van der Waals surface area contributed by atoms with E-state index in [2.05, 4.69) is 26.7 Å². The van der Waals surface area contributed by atoms with Gasteiger partial charge in [-0.1, -0.05) is 0 Å². The zero-order valence-corrected chi connectivity index (χ0v) is 21.4. The Balaban J connectivity index is 1.39. The van der Waals surface area contributed by atoms with Crippen LogP contribution < -0.4 is 4.74 Å². The number of pyridine rings is 1. The van der Waals surface area contributed by atoms with E-state index < -0.39 is 17.9 Å². The van der Waals surface area contributed by atoms with Gasteiger partial charge in [-0.05, 0) is 67.3 Å². The molecule has 0 amide bonds. The summed E-state index contributed by atoms with van der Waals surface area (Å²) in [5, 5.41) is 25.2. The van der Waals surface area contributed by atoms with Gasteiger partial charge < -0.3 is 19.8 Å². The molecule has 4 rings (SSSR count). The first kappa shape index (κ1) is 25.9. The number of hydrogen-bond donors (Lipinski definition) is 2. The fourth-order valence-corrected chi connectivity index (χ4v) is 6.76. The van der Waals surface area contributed by atoms with Gasteiger partial charge >= 0.3 is 5.97 Å². The molecule has 9 heteroatoms. The van der Waals surface area contributed by atoms with Crippen LogP contribution in [0.3, 0.4) is 0 Å². The molecule has 1 aromatic carbocycles. The van der Waals surface area contributed by atoms with E-state index in [4.69, 9.17) is 4.74 Å². The molecule has 188 valence electrons. The Labute approximate surface area is 213 Å². The van der Waals surface area contributed by atoms with Crippen molar-refractivity contribution in [3.8, 4) is 5.75 Å². The second-order valence-electron chi connectivity index (χ2n) is 9.01. The molecule has 1 aliphatic rings. The number of thiophene rings is 1. The van der Waals surface area contributed by atoms with Gasteiger partial charge in [0.2, 0.25) is 0 Å². The maximum absolute atomic E-state index is 14.7. The smallest absolute Gasteiger partial charge is 0.303 e. The van der Waals surface area contributed by atoms with E-state index >= 15 is 0 Å². The van der Waals surface area contributed by atoms with Crippen LogP contribution in [0.1, 0.15) is 37.4 Å². The lowest BCUT2D eigenvalue weighted by Crippen LogP contribution is -2.42. The van der Waals surface area contributed by atoms with Crippen LogP contribution in [0.2, 0.25) is 0 Å². The molecular formula is C26H31FN2O4S2. The van der Waals surface area contributed by atoms with Crippen LogP contribution >= 0.6 is 23.1 Å². The zero-order valence-electron chi connectivity index (χ0n) is 19.7. The number of hydrogen-bond acceptors (Lipinski definition) is 7. The molecule has 3 aromatic rings. The molecule has 1 fully saturated rings. The van der Waals surface area contributed by atoms with Crippen molar-refractivity contribution in [1.82, 2.24) is 9.88 Å². The number of ether oxygens (including phenoxy) is 1. The summed E-state index contributed by atoms with van der Waals surface area (Å²) in [5.74, 6) is 0.388. The highest BCUT2D eigenvalue weighted by atomic mass is 32.2. The van der Waals surface area contributed by atoms with Crippen LogP contribution in [0.25, 0.3) is 10.9 Å². The number of aliphatic hydroxyl groups excluding tert-OH is 1.